The molecule has 0 aromatic heterocycles. The molecule has 0 rings (SSSR count). The van der Waals surface area contributed by atoms with Gasteiger partial charge in [-0.3, -0.25) is 0 Å². The van der Waals surface area contributed by atoms with Crippen LogP contribution in [-0.4, -0.2) is 51.2 Å². The van der Waals surface area contributed by atoms with E-state index in [1.807, 2.05) is 34.7 Å². The molecule has 0 bridgehead atoms. The summed E-state index contributed by atoms with van der Waals surface area (Å²) in [5.41, 5.74) is 0. The molecule has 0 N–H and O–H groups in total. The van der Waals surface area contributed by atoms with Crippen LogP contribution >= 0.6 is 0 Å². The van der Waals surface area contributed by atoms with Gasteiger partial charge in [-0.25, -0.2) is 0 Å². The molecular formula is C16H39KN3V-. The fourth-order valence-corrected chi connectivity index (χ4v) is 1.45. The molecule has 0 heterocycles. The Morgan fingerprint density at radius 3 is 1.76 bits per heavy atom. The van der Waals surface area contributed by atoms with Crippen molar-refractivity contribution in [1.29, 1.82) is 0 Å². The van der Waals surface area contributed by atoms with E-state index in [9.17, 15) is 0 Å². The first kappa shape index (κ1) is 34.4. The molecule has 0 saturated carbocycles. The van der Waals surface area contributed by atoms with Gasteiger partial charge in [0.05, 0.1) is 0 Å². The Morgan fingerprint density at radius 2 is 1.33 bits per heavy atom. The van der Waals surface area contributed by atoms with Crippen molar-refractivity contribution >= 4 is 0 Å². The number of rotatable bonds is 10. The molecule has 0 aromatic carbocycles. The van der Waals surface area contributed by atoms with E-state index < -0.39 is 0 Å². The van der Waals surface area contributed by atoms with Crippen molar-refractivity contribution in [2.75, 3.05) is 40.3 Å². The molecule has 0 atom stereocenters. The minimum Gasteiger partial charge on any atom is -0.665 e. The average Bonchev–Trinajstić information content (AvgIpc) is 2.43. The molecule has 0 aliphatic rings. The molecule has 0 aromatic rings. The molecule has 125 valence electrons. The van der Waals surface area contributed by atoms with Crippen LogP contribution in [0.15, 0.2) is 0 Å². The summed E-state index contributed by atoms with van der Waals surface area (Å²) >= 11 is 0. The summed E-state index contributed by atoms with van der Waals surface area (Å²) in [6, 6.07) is 0.494. The van der Waals surface area contributed by atoms with Crippen LogP contribution in [-0.2, 0) is 18.6 Å². The van der Waals surface area contributed by atoms with E-state index in [1.54, 1.807) is 0 Å². The van der Waals surface area contributed by atoms with E-state index in [0.29, 0.717) is 6.04 Å². The van der Waals surface area contributed by atoms with Gasteiger partial charge in [-0.1, -0.05) is 54.4 Å². The van der Waals surface area contributed by atoms with E-state index >= 15 is 0 Å². The third-order valence-corrected chi connectivity index (χ3v) is 2.36. The van der Waals surface area contributed by atoms with Gasteiger partial charge in [-0.2, -0.15) is 7.05 Å². The first-order valence-electron chi connectivity index (χ1n) is 8.07. The largest absolute Gasteiger partial charge is 1.00 e. The second kappa shape index (κ2) is 33.6. The van der Waals surface area contributed by atoms with Gasteiger partial charge in [0.15, 0.2) is 0 Å². The van der Waals surface area contributed by atoms with Crippen molar-refractivity contribution in [2.24, 2.45) is 0 Å². The van der Waals surface area contributed by atoms with Crippen LogP contribution in [0.1, 0.15) is 60.8 Å². The van der Waals surface area contributed by atoms with Crippen molar-refractivity contribution in [2.45, 2.75) is 66.8 Å². The number of nitrogens with zero attached hydrogens (tertiary/aromatic N) is 3. The zero-order chi connectivity index (χ0) is 15.5. The molecule has 21 heavy (non-hydrogen) atoms. The van der Waals surface area contributed by atoms with Gasteiger partial charge in [-0.15, -0.1) is 19.1 Å². The van der Waals surface area contributed by atoms with Gasteiger partial charge in [-0.05, 0) is 26.6 Å². The predicted octanol–water partition coefficient (Wildman–Crippen LogP) is 1.93. The molecule has 3 nitrogen and oxygen atoms in total. The van der Waals surface area contributed by atoms with Crippen LogP contribution in [0.3, 0.4) is 0 Å². The molecule has 0 aliphatic heterocycles. The molecule has 5 heteroatoms. The summed E-state index contributed by atoms with van der Waals surface area (Å²) < 4.78 is 0. The van der Waals surface area contributed by atoms with Gasteiger partial charge in [0.25, 0.3) is 0 Å². The van der Waals surface area contributed by atoms with E-state index in [0.717, 1.165) is 13.1 Å². The maximum Gasteiger partial charge on any atom is 1.00 e. The minimum absolute atomic E-state index is 0. The van der Waals surface area contributed by atoms with Crippen LogP contribution in [0.2, 0.25) is 0 Å². The van der Waals surface area contributed by atoms with E-state index in [2.05, 4.69) is 36.4 Å². The van der Waals surface area contributed by atoms with Crippen molar-refractivity contribution in [3.8, 4) is 0 Å². The topological polar surface area (TPSA) is 31.4 Å². The molecule has 0 aliphatic carbocycles. The van der Waals surface area contributed by atoms with Crippen LogP contribution in [0.4, 0.5) is 0 Å². The summed E-state index contributed by atoms with van der Waals surface area (Å²) in [6.07, 6.45) is 3.67. The normalized spacial score (nSPS) is 8.86. The minimum atomic E-state index is 0. The Morgan fingerprint density at radius 1 is 0.857 bits per heavy atom. The quantitative estimate of drug-likeness (QED) is 0.431. The fraction of sp³-hybridized carbons (Fsp3) is 1.00. The van der Waals surface area contributed by atoms with Gasteiger partial charge in [0.2, 0.25) is 0 Å². The Bertz CT molecular complexity index is 139. The number of hydrogen-bond donors (Lipinski definition) is 0. The zero-order valence-electron chi connectivity index (χ0n) is 16.3. The fourth-order valence-electron chi connectivity index (χ4n) is 1.45. The smallest absolute Gasteiger partial charge is 0.665 e. The second-order valence-corrected chi connectivity index (χ2v) is 4.40. The summed E-state index contributed by atoms with van der Waals surface area (Å²) in [5.74, 6) is 0. The van der Waals surface area contributed by atoms with Crippen molar-refractivity contribution in [3.63, 3.8) is 0 Å². The van der Waals surface area contributed by atoms with Gasteiger partial charge in [0, 0.05) is 18.6 Å². The van der Waals surface area contributed by atoms with Crippen LogP contribution < -0.4 is 51.4 Å². The van der Waals surface area contributed by atoms with Gasteiger partial charge < -0.3 is 15.5 Å². The Hall–Kier alpha value is 2.10. The second-order valence-electron chi connectivity index (χ2n) is 4.40. The number of hydrogen-bond acceptors (Lipinski definition) is 1. The molecule has 1 radical (unpaired) electrons. The summed E-state index contributed by atoms with van der Waals surface area (Å²) in [7, 11) is 4.07. The van der Waals surface area contributed by atoms with Crippen LogP contribution in [0.5, 0.6) is 0 Å². The average molecular weight is 364 g/mol. The standard InChI is InChI=1S/C12H27N3.2C2H6.K.V/c1-12(2)14-9-5-6-10-15(4)11-7-8-13-3;2*1-2;;/h12H,5-11H2,1-4H3;2*1-2H3;;/q-2;;;+1;. The van der Waals surface area contributed by atoms with Crippen LogP contribution in [0, 0.1) is 0 Å². The van der Waals surface area contributed by atoms with Crippen molar-refractivity contribution < 1.29 is 69.9 Å². The van der Waals surface area contributed by atoms with Crippen molar-refractivity contribution in [1.82, 2.24) is 4.90 Å². The van der Waals surface area contributed by atoms with Crippen molar-refractivity contribution in [3.05, 3.63) is 10.6 Å². The molecule has 0 unspecified atom stereocenters. The predicted molar refractivity (Wildman–Crippen MR) is 91.6 cm³/mol. The third-order valence-electron chi connectivity index (χ3n) is 2.36. The monoisotopic (exact) mass is 363 g/mol. The molecule has 0 amide bonds. The van der Waals surface area contributed by atoms with Gasteiger partial charge >= 0.3 is 51.4 Å². The molecule has 0 spiro atoms. The first-order chi connectivity index (χ1) is 9.16. The SMILES string of the molecule is CC.CC.C[N-]CCCN(C)CCCC[N-]C(C)C.[K+].[V]. The maximum atomic E-state index is 4.46. The first-order valence-corrected chi connectivity index (χ1v) is 8.07. The van der Waals surface area contributed by atoms with E-state index in [1.165, 1.54) is 32.4 Å². The molecule has 0 fully saturated rings. The summed E-state index contributed by atoms with van der Waals surface area (Å²) in [5, 5.41) is 8.56. The molecular weight excluding hydrogens is 324 g/mol. The third kappa shape index (κ3) is 39.2. The Labute approximate surface area is 190 Å². The maximum absolute atomic E-state index is 4.46. The van der Waals surface area contributed by atoms with E-state index in [4.69, 9.17) is 0 Å². The van der Waals surface area contributed by atoms with Gasteiger partial charge in [0.1, 0.15) is 0 Å². The van der Waals surface area contributed by atoms with E-state index in [-0.39, 0.29) is 69.9 Å². The Kier molecular flexibility index (Phi) is 55.2. The molecule has 0 saturated heterocycles. The van der Waals surface area contributed by atoms with Crippen LogP contribution in [0.25, 0.3) is 10.6 Å². The zero-order valence-corrected chi connectivity index (χ0v) is 20.8. The number of unbranched alkanes of at least 4 members (excludes halogenated alkanes) is 1. The summed E-state index contributed by atoms with van der Waals surface area (Å²) in [4.78, 5) is 2.39. The Balaban J connectivity index is -0.000000130. The summed E-state index contributed by atoms with van der Waals surface area (Å²) in [6.45, 7) is 16.7.